The summed E-state index contributed by atoms with van der Waals surface area (Å²) in [7, 11) is 8.44. The van der Waals surface area contributed by atoms with Crippen LogP contribution >= 0.6 is 0 Å². The number of benzene rings is 1. The highest BCUT2D eigenvalue weighted by atomic mass is 16.5. The fraction of sp³-hybridized carbons (Fsp3) is 0.718. The summed E-state index contributed by atoms with van der Waals surface area (Å²) in [6, 6.07) is 6.26. The number of hydrogen-bond donors (Lipinski definition) is 4. The molecule has 1 saturated heterocycles. The SMILES string of the molecule is CCC(C)C(C(CC(=O)N1CCC[C@H]1C(OC)C(C)C(=O)NC(Cc1ccccc1)c1nnn[nH]1)OC)N(C)C(=O)C(NC(=O)C(C(C)C)N(C)C)C(C)N. The number of nitrogens with zero attached hydrogens (tertiary/aromatic N) is 6. The summed E-state index contributed by atoms with van der Waals surface area (Å²) in [5.41, 5.74) is 7.33. The van der Waals surface area contributed by atoms with Crippen molar-refractivity contribution in [1.82, 2.24) is 46.0 Å². The highest BCUT2D eigenvalue weighted by Crippen LogP contribution is 2.30. The number of ether oxygens (including phenoxy) is 2. The van der Waals surface area contributed by atoms with Gasteiger partial charge in [0.05, 0.1) is 48.7 Å². The summed E-state index contributed by atoms with van der Waals surface area (Å²) in [6.45, 7) is 11.9. The van der Waals surface area contributed by atoms with Crippen molar-refractivity contribution < 1.29 is 28.7 Å². The first-order valence-corrected chi connectivity index (χ1v) is 19.5. The number of aromatic amines is 1. The fourth-order valence-electron chi connectivity index (χ4n) is 8.00. The van der Waals surface area contributed by atoms with Gasteiger partial charge >= 0.3 is 0 Å². The topological polar surface area (TPSA) is 201 Å². The van der Waals surface area contributed by atoms with Crippen LogP contribution < -0.4 is 16.4 Å². The number of likely N-dealkylation sites (N-methyl/N-ethyl adjacent to an activating group) is 2. The van der Waals surface area contributed by atoms with Gasteiger partial charge in [-0.25, -0.2) is 5.10 Å². The zero-order valence-corrected chi connectivity index (χ0v) is 34.7. The first-order chi connectivity index (χ1) is 26.1. The van der Waals surface area contributed by atoms with Crippen LogP contribution in [0.2, 0.25) is 0 Å². The van der Waals surface area contributed by atoms with Crippen LogP contribution in [0.15, 0.2) is 30.3 Å². The molecule has 2 heterocycles. The third-order valence-electron chi connectivity index (χ3n) is 11.1. The van der Waals surface area contributed by atoms with Crippen molar-refractivity contribution in [3.63, 3.8) is 0 Å². The molecule has 5 N–H and O–H groups in total. The second-order valence-corrected chi connectivity index (χ2v) is 15.6. The van der Waals surface area contributed by atoms with Crippen molar-refractivity contribution in [2.24, 2.45) is 23.5 Å². The molecule has 4 amide bonds. The minimum Gasteiger partial charge on any atom is -0.379 e. The van der Waals surface area contributed by atoms with Gasteiger partial charge in [-0.3, -0.25) is 24.1 Å². The normalized spacial score (nSPS) is 19.5. The van der Waals surface area contributed by atoms with Crippen LogP contribution in [0.5, 0.6) is 0 Å². The van der Waals surface area contributed by atoms with Crippen molar-refractivity contribution in [3.05, 3.63) is 41.7 Å². The van der Waals surface area contributed by atoms with Crippen LogP contribution in [-0.2, 0) is 35.1 Å². The molecule has 3 rings (SSSR count). The smallest absolute Gasteiger partial charge is 0.246 e. The molecule has 16 nitrogen and oxygen atoms in total. The Hall–Kier alpha value is -3.99. The van der Waals surface area contributed by atoms with Crippen molar-refractivity contribution >= 4 is 23.6 Å². The molecule has 1 aliphatic heterocycles. The number of tetrazole rings is 1. The lowest BCUT2D eigenvalue weighted by molar-refractivity contribution is -0.147. The molecule has 1 aliphatic rings. The van der Waals surface area contributed by atoms with Gasteiger partial charge in [-0.2, -0.15) is 0 Å². The van der Waals surface area contributed by atoms with Crippen LogP contribution in [0, 0.1) is 17.8 Å². The molecule has 55 heavy (non-hydrogen) atoms. The summed E-state index contributed by atoms with van der Waals surface area (Å²) < 4.78 is 12.0. The Balaban J connectivity index is 1.79. The molecule has 9 unspecified atom stereocenters. The van der Waals surface area contributed by atoms with E-state index in [1.165, 1.54) is 0 Å². The molecule has 0 aliphatic carbocycles. The average molecular weight is 771 g/mol. The molecule has 1 aromatic heterocycles. The molecular formula is C39H66N10O6. The van der Waals surface area contributed by atoms with Gasteiger partial charge in [0.2, 0.25) is 23.6 Å². The monoisotopic (exact) mass is 771 g/mol. The minimum absolute atomic E-state index is 0.000457. The molecule has 1 fully saturated rings. The lowest BCUT2D eigenvalue weighted by Gasteiger charge is -2.41. The van der Waals surface area contributed by atoms with E-state index < -0.39 is 48.3 Å². The Bertz CT molecular complexity index is 1490. The molecular weight excluding hydrogens is 704 g/mol. The van der Waals surface area contributed by atoms with Gasteiger partial charge in [0.15, 0.2) is 5.82 Å². The predicted molar refractivity (Wildman–Crippen MR) is 209 cm³/mol. The molecule has 308 valence electrons. The largest absolute Gasteiger partial charge is 0.379 e. The summed E-state index contributed by atoms with van der Waals surface area (Å²) in [5, 5.41) is 20.3. The Kier molecular flexibility index (Phi) is 17.6. The number of methoxy groups -OCH3 is 2. The van der Waals surface area contributed by atoms with Crippen molar-refractivity contribution in [3.8, 4) is 0 Å². The molecule has 0 spiro atoms. The first-order valence-electron chi connectivity index (χ1n) is 19.5. The summed E-state index contributed by atoms with van der Waals surface area (Å²) in [4.78, 5) is 60.9. The number of hydrogen-bond acceptors (Lipinski definition) is 11. The number of likely N-dealkylation sites (tertiary alicyclic amines) is 1. The number of aromatic nitrogens is 4. The number of carbonyl (C=O) groups excluding carboxylic acids is 4. The van der Waals surface area contributed by atoms with E-state index in [9.17, 15) is 19.2 Å². The molecule has 2 aromatic rings. The van der Waals surface area contributed by atoms with Gasteiger partial charge in [0.25, 0.3) is 0 Å². The summed E-state index contributed by atoms with van der Waals surface area (Å²) >= 11 is 0. The van der Waals surface area contributed by atoms with Crippen LogP contribution in [0.4, 0.5) is 0 Å². The highest BCUT2D eigenvalue weighted by Gasteiger charge is 2.43. The Morgan fingerprint density at radius 1 is 1.00 bits per heavy atom. The van der Waals surface area contributed by atoms with E-state index in [0.29, 0.717) is 31.6 Å². The van der Waals surface area contributed by atoms with Crippen molar-refractivity contribution in [2.45, 2.75) is 122 Å². The van der Waals surface area contributed by atoms with Crippen LogP contribution in [0.25, 0.3) is 0 Å². The van der Waals surface area contributed by atoms with Gasteiger partial charge < -0.3 is 35.6 Å². The fourth-order valence-corrected chi connectivity index (χ4v) is 8.00. The maximum Gasteiger partial charge on any atom is 0.246 e. The third-order valence-corrected chi connectivity index (χ3v) is 11.1. The lowest BCUT2D eigenvalue weighted by atomic mass is 9.89. The number of nitrogens with one attached hydrogen (secondary N) is 3. The molecule has 1 aromatic carbocycles. The van der Waals surface area contributed by atoms with Crippen LogP contribution in [0.1, 0.15) is 84.7 Å². The van der Waals surface area contributed by atoms with E-state index in [-0.39, 0.29) is 47.9 Å². The number of amides is 4. The van der Waals surface area contributed by atoms with E-state index in [0.717, 1.165) is 12.0 Å². The maximum absolute atomic E-state index is 14.3. The molecule has 0 radical (unpaired) electrons. The number of rotatable bonds is 21. The van der Waals surface area contributed by atoms with Crippen LogP contribution in [-0.4, -0.2) is 143 Å². The molecule has 10 atom stereocenters. The summed E-state index contributed by atoms with van der Waals surface area (Å²) in [5.74, 6) is -1.29. The van der Waals surface area contributed by atoms with E-state index in [2.05, 4.69) is 31.3 Å². The Morgan fingerprint density at radius 3 is 2.20 bits per heavy atom. The van der Waals surface area contributed by atoms with Gasteiger partial charge in [-0.05, 0) is 61.7 Å². The predicted octanol–water partition coefficient (Wildman–Crippen LogP) is 1.94. The Labute approximate surface area is 327 Å². The summed E-state index contributed by atoms with van der Waals surface area (Å²) in [6.07, 6.45) is 1.33. The quantitative estimate of drug-likeness (QED) is 0.145. The zero-order chi connectivity index (χ0) is 41.0. The third kappa shape index (κ3) is 11.8. The van der Waals surface area contributed by atoms with E-state index >= 15 is 0 Å². The number of nitrogens with two attached hydrogens (primary N) is 1. The zero-order valence-electron chi connectivity index (χ0n) is 34.7. The van der Waals surface area contributed by atoms with Gasteiger partial charge in [0, 0.05) is 40.3 Å². The number of H-pyrrole nitrogens is 1. The van der Waals surface area contributed by atoms with Gasteiger partial charge in [0.1, 0.15) is 6.04 Å². The first kappa shape index (κ1) is 45.4. The standard InChI is InChI=1S/C39H66N10O6/c1-12-24(4)34(48(9)39(53)32(26(6)40)42-38(52)33(23(2)3)47(7)8)30(54-10)22-31(50)49-20-16-19-29(49)35(55-11)25(5)37(51)41-28(36-43-45-46-44-36)21-27-17-14-13-15-18-27/h13-15,17-18,23-26,28-30,32-35H,12,16,19-22,40H2,1-11H3,(H,41,51)(H,42,52)(H,43,44,45,46)/t24?,25?,26?,28?,29-,30?,32?,33?,34?,35?/m0/s1. The molecule has 0 bridgehead atoms. The van der Waals surface area contributed by atoms with Gasteiger partial charge in [-0.15, -0.1) is 5.10 Å². The van der Waals surface area contributed by atoms with Crippen LogP contribution in [0.3, 0.4) is 0 Å². The average Bonchev–Trinajstić information content (AvgIpc) is 3.87. The van der Waals surface area contributed by atoms with Crippen molar-refractivity contribution in [1.29, 1.82) is 0 Å². The second-order valence-electron chi connectivity index (χ2n) is 15.6. The Morgan fingerprint density at radius 2 is 1.67 bits per heavy atom. The molecule has 16 heteroatoms. The van der Waals surface area contributed by atoms with E-state index in [1.807, 2.05) is 77.0 Å². The van der Waals surface area contributed by atoms with Gasteiger partial charge in [-0.1, -0.05) is 71.4 Å². The van der Waals surface area contributed by atoms with E-state index in [1.54, 1.807) is 44.9 Å². The highest BCUT2D eigenvalue weighted by molar-refractivity contribution is 5.90. The lowest BCUT2D eigenvalue weighted by Crippen LogP contribution is -2.62. The molecule has 0 saturated carbocycles. The van der Waals surface area contributed by atoms with Crippen molar-refractivity contribution in [2.75, 3.05) is 41.9 Å². The maximum atomic E-state index is 14.3. The number of carbonyl (C=O) groups is 4. The van der Waals surface area contributed by atoms with E-state index in [4.69, 9.17) is 15.2 Å². The minimum atomic E-state index is -0.982. The second kappa shape index (κ2) is 21.3.